The molecule has 0 aromatic carbocycles. The molecule has 0 aliphatic heterocycles. The van der Waals surface area contributed by atoms with Crippen LogP contribution in [0.15, 0.2) is 11.8 Å². The zero-order valence-electron chi connectivity index (χ0n) is 16.9. The fourth-order valence-corrected chi connectivity index (χ4v) is 5.76. The van der Waals surface area contributed by atoms with Crippen molar-refractivity contribution in [1.82, 2.24) is 0 Å². The summed E-state index contributed by atoms with van der Waals surface area (Å²) < 4.78 is 72.3. The van der Waals surface area contributed by atoms with Crippen molar-refractivity contribution >= 4 is 18.4 Å². The van der Waals surface area contributed by atoms with Gasteiger partial charge in [-0.05, 0) is 62.2 Å². The third-order valence-corrected chi connectivity index (χ3v) is 12.1. The summed E-state index contributed by atoms with van der Waals surface area (Å²) in [7, 11) is -7.58. The van der Waals surface area contributed by atoms with E-state index in [4.69, 9.17) is 4.43 Å². The molecule has 0 saturated heterocycles. The number of hydrogen-bond acceptors (Lipinski definition) is 4. The van der Waals surface area contributed by atoms with Gasteiger partial charge in [0.25, 0.3) is 0 Å². The van der Waals surface area contributed by atoms with E-state index in [-0.39, 0.29) is 22.8 Å². The van der Waals surface area contributed by atoms with Gasteiger partial charge in [-0.25, -0.2) is 0 Å². The molecule has 0 radical (unpaired) electrons. The Morgan fingerprint density at radius 1 is 1.19 bits per heavy atom. The van der Waals surface area contributed by atoms with Crippen molar-refractivity contribution in [3.63, 3.8) is 0 Å². The zero-order valence-corrected chi connectivity index (χ0v) is 18.8. The molecule has 0 aromatic rings. The van der Waals surface area contributed by atoms with E-state index in [0.29, 0.717) is 19.3 Å². The summed E-state index contributed by atoms with van der Waals surface area (Å²) in [5, 5.41) is 0.0786. The third-order valence-electron chi connectivity index (χ3n) is 6.59. The van der Waals surface area contributed by atoms with Crippen molar-refractivity contribution in [3.05, 3.63) is 11.8 Å². The fourth-order valence-electron chi connectivity index (χ4n) is 3.76. The Kier molecular flexibility index (Phi) is 5.94. The summed E-state index contributed by atoms with van der Waals surface area (Å²) in [6.45, 7) is 12.7. The van der Waals surface area contributed by atoms with Gasteiger partial charge in [-0.2, -0.15) is 21.6 Å². The van der Waals surface area contributed by atoms with Crippen LogP contribution in [-0.2, 0) is 18.7 Å². The van der Waals surface area contributed by atoms with Gasteiger partial charge >= 0.3 is 15.6 Å². The quantitative estimate of drug-likeness (QED) is 0.326. The Morgan fingerprint density at radius 3 is 2.30 bits per heavy atom. The standard InChI is InChI=1S/C18H31F3O4SSi/c1-16(2,3)27(5,6)25-14-10-11-17(4)13(12-14)8-7-9-15(17)24-26(22,23)18(19,20)21/h9,13-14H,7-8,10-12H2,1-6H3/t13-,14+,17+/m1/s1. The van der Waals surface area contributed by atoms with E-state index in [0.717, 1.165) is 12.8 Å². The van der Waals surface area contributed by atoms with Gasteiger partial charge < -0.3 is 8.61 Å². The predicted molar refractivity (Wildman–Crippen MR) is 101 cm³/mol. The maximum atomic E-state index is 12.7. The van der Waals surface area contributed by atoms with Crippen LogP contribution in [0.5, 0.6) is 0 Å². The lowest BCUT2D eigenvalue weighted by Crippen LogP contribution is -2.48. The zero-order chi connectivity index (χ0) is 20.9. The highest BCUT2D eigenvalue weighted by Crippen LogP contribution is 2.53. The summed E-state index contributed by atoms with van der Waals surface area (Å²) in [6.07, 6.45) is 4.83. The Hall–Kier alpha value is -0.543. The van der Waals surface area contributed by atoms with Crippen molar-refractivity contribution in [3.8, 4) is 0 Å². The number of hydrogen-bond donors (Lipinski definition) is 0. The van der Waals surface area contributed by atoms with E-state index in [2.05, 4.69) is 38.0 Å². The molecular formula is C18H31F3O4SSi. The van der Waals surface area contributed by atoms with Crippen LogP contribution >= 0.6 is 0 Å². The Labute approximate surface area is 161 Å². The molecule has 0 N–H and O–H groups in total. The van der Waals surface area contributed by atoms with E-state index in [1.54, 1.807) is 0 Å². The third kappa shape index (κ3) is 4.55. The van der Waals surface area contributed by atoms with Gasteiger partial charge in [-0.3, -0.25) is 0 Å². The lowest BCUT2D eigenvalue weighted by atomic mass is 9.62. The molecule has 4 nitrogen and oxygen atoms in total. The van der Waals surface area contributed by atoms with Gasteiger partial charge in [0.15, 0.2) is 8.32 Å². The van der Waals surface area contributed by atoms with Gasteiger partial charge in [0.2, 0.25) is 0 Å². The maximum absolute atomic E-state index is 12.7. The molecule has 0 bridgehead atoms. The monoisotopic (exact) mass is 428 g/mol. The summed E-state index contributed by atoms with van der Waals surface area (Å²) >= 11 is 0. The first-order valence-corrected chi connectivity index (χ1v) is 13.7. The number of alkyl halides is 3. The average molecular weight is 429 g/mol. The highest BCUT2D eigenvalue weighted by molar-refractivity contribution is 7.87. The van der Waals surface area contributed by atoms with Gasteiger partial charge in [0.1, 0.15) is 5.76 Å². The van der Waals surface area contributed by atoms with Gasteiger partial charge in [0.05, 0.1) is 0 Å². The molecule has 158 valence electrons. The molecule has 2 aliphatic carbocycles. The van der Waals surface area contributed by atoms with E-state index in [1.165, 1.54) is 6.08 Å². The Morgan fingerprint density at radius 2 is 1.78 bits per heavy atom. The molecule has 1 saturated carbocycles. The second-order valence-electron chi connectivity index (χ2n) is 9.52. The van der Waals surface area contributed by atoms with Crippen LogP contribution in [0.1, 0.15) is 59.8 Å². The summed E-state index contributed by atoms with van der Waals surface area (Å²) in [4.78, 5) is 0. The first-order valence-electron chi connectivity index (χ1n) is 9.39. The first-order chi connectivity index (χ1) is 12.0. The van der Waals surface area contributed by atoms with Crippen LogP contribution in [0.4, 0.5) is 13.2 Å². The average Bonchev–Trinajstić information content (AvgIpc) is 2.46. The maximum Gasteiger partial charge on any atom is 0.534 e. The molecule has 0 heterocycles. The van der Waals surface area contributed by atoms with Gasteiger partial charge in [0, 0.05) is 11.5 Å². The molecular weight excluding hydrogens is 397 g/mol. The highest BCUT2D eigenvalue weighted by Gasteiger charge is 2.53. The van der Waals surface area contributed by atoms with Crippen LogP contribution in [0.25, 0.3) is 0 Å². The Bertz CT molecular complexity index is 694. The summed E-state index contributed by atoms with van der Waals surface area (Å²) in [6, 6.07) is 0. The predicted octanol–water partition coefficient (Wildman–Crippen LogP) is 5.73. The minimum atomic E-state index is -5.64. The van der Waals surface area contributed by atoms with Crippen LogP contribution in [0, 0.1) is 11.3 Å². The van der Waals surface area contributed by atoms with Crippen molar-refractivity contribution < 1.29 is 30.2 Å². The van der Waals surface area contributed by atoms with Crippen LogP contribution in [0.2, 0.25) is 18.1 Å². The topological polar surface area (TPSA) is 52.6 Å². The number of fused-ring (bicyclic) bond motifs is 1. The molecule has 2 rings (SSSR count). The molecule has 0 unspecified atom stereocenters. The largest absolute Gasteiger partial charge is 0.534 e. The lowest BCUT2D eigenvalue weighted by Gasteiger charge is -2.49. The van der Waals surface area contributed by atoms with E-state index >= 15 is 0 Å². The lowest BCUT2D eigenvalue weighted by molar-refractivity contribution is -0.0558. The van der Waals surface area contributed by atoms with Crippen molar-refractivity contribution in [2.24, 2.45) is 11.3 Å². The number of rotatable bonds is 4. The van der Waals surface area contributed by atoms with Crippen LogP contribution < -0.4 is 0 Å². The van der Waals surface area contributed by atoms with E-state index < -0.39 is 29.4 Å². The van der Waals surface area contributed by atoms with Gasteiger partial charge in [-0.15, -0.1) is 0 Å². The normalized spacial score (nSPS) is 30.5. The molecule has 0 spiro atoms. The van der Waals surface area contributed by atoms with Gasteiger partial charge in [-0.1, -0.05) is 27.7 Å². The van der Waals surface area contributed by atoms with Crippen molar-refractivity contribution in [2.75, 3.05) is 0 Å². The minimum Gasteiger partial charge on any atom is -0.414 e. The van der Waals surface area contributed by atoms with Crippen LogP contribution in [0.3, 0.4) is 0 Å². The molecule has 0 aromatic heterocycles. The van der Waals surface area contributed by atoms with E-state index in [9.17, 15) is 21.6 Å². The summed E-state index contributed by atoms with van der Waals surface area (Å²) in [5.41, 5.74) is -6.12. The summed E-state index contributed by atoms with van der Waals surface area (Å²) in [5.74, 6) is -0.00805. The van der Waals surface area contributed by atoms with Crippen LogP contribution in [-0.4, -0.2) is 28.3 Å². The van der Waals surface area contributed by atoms with E-state index in [1.807, 2.05) is 6.92 Å². The molecule has 3 atom stereocenters. The number of allylic oxidation sites excluding steroid dienone is 2. The molecule has 27 heavy (non-hydrogen) atoms. The molecule has 2 aliphatic rings. The fraction of sp³-hybridized carbons (Fsp3) is 0.889. The molecule has 9 heteroatoms. The second kappa shape index (κ2) is 7.06. The van der Waals surface area contributed by atoms with Crippen molar-refractivity contribution in [2.45, 2.75) is 89.5 Å². The second-order valence-corrected chi connectivity index (χ2v) is 15.8. The SMILES string of the molecule is CC(C)(C)[Si](C)(C)O[C@H]1CC[C@]2(C)C(OS(=O)(=O)C(F)(F)F)=CCC[C@@H]2C1. The minimum absolute atomic E-state index is 0.0458. The first kappa shape index (κ1) is 22.7. The molecule has 1 fully saturated rings. The highest BCUT2D eigenvalue weighted by atomic mass is 32.2. The molecule has 0 amide bonds. The smallest absolute Gasteiger partial charge is 0.414 e. The van der Waals surface area contributed by atoms with Crippen molar-refractivity contribution in [1.29, 1.82) is 0 Å². The Balaban J connectivity index is 2.16. The number of halogens is 3.